The average Bonchev–Trinajstić information content (AvgIpc) is 3.01. The van der Waals surface area contributed by atoms with Gasteiger partial charge >= 0.3 is 0 Å². The topological polar surface area (TPSA) is 57.6 Å². The normalized spacial score (nSPS) is 17.6. The van der Waals surface area contributed by atoms with Crippen molar-refractivity contribution in [3.63, 3.8) is 0 Å². The maximum absolute atomic E-state index is 13.4. The van der Waals surface area contributed by atoms with Gasteiger partial charge in [0, 0.05) is 17.7 Å². The third-order valence-electron chi connectivity index (χ3n) is 6.25. The third-order valence-corrected chi connectivity index (χ3v) is 6.25. The first kappa shape index (κ1) is 22.0. The summed E-state index contributed by atoms with van der Waals surface area (Å²) in [5.41, 5.74) is 2.23. The number of anilines is 1. The van der Waals surface area contributed by atoms with E-state index in [0.29, 0.717) is 29.3 Å². The maximum Gasteiger partial charge on any atom is 0.264 e. The maximum atomic E-state index is 13.4. The molecule has 1 atom stereocenters. The van der Waals surface area contributed by atoms with Crippen LogP contribution in [-0.4, -0.2) is 23.3 Å². The highest BCUT2D eigenvalue weighted by atomic mass is 16.3. The van der Waals surface area contributed by atoms with Crippen LogP contribution >= 0.6 is 0 Å². The van der Waals surface area contributed by atoms with E-state index in [2.05, 4.69) is 26.0 Å². The van der Waals surface area contributed by atoms with Gasteiger partial charge in [0.15, 0.2) is 11.4 Å². The van der Waals surface area contributed by atoms with Gasteiger partial charge in [-0.15, -0.1) is 0 Å². The lowest BCUT2D eigenvalue weighted by molar-refractivity contribution is -0.135. The molecule has 32 heavy (non-hydrogen) atoms. The van der Waals surface area contributed by atoms with Gasteiger partial charge in [0.05, 0.1) is 12.1 Å². The first-order valence-corrected chi connectivity index (χ1v) is 11.2. The number of benzene rings is 3. The number of nitrogens with zero attached hydrogens (tertiary/aromatic N) is 1. The summed E-state index contributed by atoms with van der Waals surface area (Å²) in [6.45, 7) is 4.68. The Bertz CT molecular complexity index is 1110. The molecule has 1 heterocycles. The molecule has 4 heteroatoms. The van der Waals surface area contributed by atoms with Gasteiger partial charge in [0.25, 0.3) is 5.91 Å². The van der Waals surface area contributed by atoms with Crippen LogP contribution in [0, 0.1) is 0 Å². The van der Waals surface area contributed by atoms with Crippen molar-refractivity contribution in [3.8, 4) is 0 Å². The molecular weight excluding hydrogens is 398 g/mol. The second-order valence-corrected chi connectivity index (χ2v) is 8.80. The molecule has 164 valence electrons. The number of carbonyl (C=O) groups excluding carboxylic acids is 2. The number of amides is 1. The second-order valence-electron chi connectivity index (χ2n) is 8.80. The number of para-hydroxylation sites is 1. The Morgan fingerprint density at radius 1 is 0.938 bits per heavy atom. The van der Waals surface area contributed by atoms with Crippen molar-refractivity contribution in [2.75, 3.05) is 11.4 Å². The molecule has 0 saturated heterocycles. The molecule has 0 radical (unpaired) electrons. The van der Waals surface area contributed by atoms with E-state index in [1.165, 1.54) is 5.56 Å². The number of fused-ring (bicyclic) bond motifs is 1. The lowest BCUT2D eigenvalue weighted by Crippen LogP contribution is -2.42. The zero-order valence-corrected chi connectivity index (χ0v) is 18.6. The lowest BCUT2D eigenvalue weighted by atomic mass is 9.87. The van der Waals surface area contributed by atoms with Gasteiger partial charge in [-0.1, -0.05) is 86.6 Å². The van der Waals surface area contributed by atoms with Gasteiger partial charge in [-0.05, 0) is 36.0 Å². The number of carbonyl (C=O) groups is 2. The number of rotatable bonds is 8. The van der Waals surface area contributed by atoms with Gasteiger partial charge in [0.1, 0.15) is 0 Å². The Morgan fingerprint density at radius 3 is 2.28 bits per heavy atom. The smallest absolute Gasteiger partial charge is 0.264 e. The fraction of sp³-hybridized carbons (Fsp3) is 0.286. The molecule has 1 aliphatic heterocycles. The van der Waals surface area contributed by atoms with Crippen LogP contribution in [0.1, 0.15) is 59.7 Å². The Balaban J connectivity index is 1.52. The van der Waals surface area contributed by atoms with Crippen LogP contribution in [0.4, 0.5) is 5.69 Å². The summed E-state index contributed by atoms with van der Waals surface area (Å²) in [5.74, 6) is -0.285. The van der Waals surface area contributed by atoms with Crippen LogP contribution in [0.25, 0.3) is 0 Å². The SMILES string of the molecule is CC(C)c1ccc(C(=O)C[C@@]2(O)C(=O)N(CCCc3ccccc3)c3ccccc32)cc1. The van der Waals surface area contributed by atoms with E-state index in [-0.39, 0.29) is 12.2 Å². The molecule has 4 rings (SSSR count). The molecule has 3 aromatic rings. The molecule has 4 nitrogen and oxygen atoms in total. The molecule has 1 N–H and O–H groups in total. The van der Waals surface area contributed by atoms with Crippen molar-refractivity contribution >= 4 is 17.4 Å². The largest absolute Gasteiger partial charge is 0.375 e. The van der Waals surface area contributed by atoms with E-state index in [1.807, 2.05) is 42.5 Å². The van der Waals surface area contributed by atoms with Gasteiger partial charge in [0.2, 0.25) is 0 Å². The van der Waals surface area contributed by atoms with Crippen LogP contribution in [0.2, 0.25) is 0 Å². The van der Waals surface area contributed by atoms with E-state index in [9.17, 15) is 14.7 Å². The number of hydrogen-bond donors (Lipinski definition) is 1. The lowest BCUT2D eigenvalue weighted by Gasteiger charge is -2.23. The van der Waals surface area contributed by atoms with Gasteiger partial charge in [-0.2, -0.15) is 0 Å². The summed E-state index contributed by atoms with van der Waals surface area (Å²) < 4.78 is 0. The predicted molar refractivity (Wildman–Crippen MR) is 127 cm³/mol. The molecule has 0 spiro atoms. The van der Waals surface area contributed by atoms with Crippen LogP contribution in [0.3, 0.4) is 0 Å². The van der Waals surface area contributed by atoms with Gasteiger partial charge < -0.3 is 10.0 Å². The highest BCUT2D eigenvalue weighted by Crippen LogP contribution is 2.43. The third kappa shape index (κ3) is 4.23. The monoisotopic (exact) mass is 427 g/mol. The summed E-state index contributed by atoms with van der Waals surface area (Å²) in [7, 11) is 0. The highest BCUT2D eigenvalue weighted by molar-refractivity contribution is 6.10. The zero-order valence-electron chi connectivity index (χ0n) is 18.6. The van der Waals surface area contributed by atoms with Crippen molar-refractivity contribution in [2.45, 2.75) is 44.6 Å². The molecule has 3 aromatic carbocycles. The Kier molecular flexibility index (Phi) is 6.24. The molecule has 0 fully saturated rings. The summed E-state index contributed by atoms with van der Waals surface area (Å²) in [6.07, 6.45) is 1.34. The second kappa shape index (κ2) is 9.09. The molecule has 0 bridgehead atoms. The van der Waals surface area contributed by atoms with E-state index in [1.54, 1.807) is 29.2 Å². The molecule has 1 aliphatic rings. The Morgan fingerprint density at radius 2 is 1.59 bits per heavy atom. The number of ketones is 1. The molecule has 0 saturated carbocycles. The highest BCUT2D eigenvalue weighted by Gasteiger charge is 2.50. The van der Waals surface area contributed by atoms with E-state index >= 15 is 0 Å². The molecule has 1 amide bonds. The van der Waals surface area contributed by atoms with Crippen LogP contribution in [0.15, 0.2) is 78.9 Å². The Hall–Kier alpha value is -3.24. The van der Waals surface area contributed by atoms with Gasteiger partial charge in [-0.25, -0.2) is 0 Å². The summed E-state index contributed by atoms with van der Waals surface area (Å²) in [5, 5.41) is 11.5. The number of hydrogen-bond acceptors (Lipinski definition) is 3. The summed E-state index contributed by atoms with van der Waals surface area (Å²) in [4.78, 5) is 28.0. The van der Waals surface area contributed by atoms with Gasteiger partial charge in [-0.3, -0.25) is 9.59 Å². The molecule has 0 aliphatic carbocycles. The van der Waals surface area contributed by atoms with Crippen molar-refractivity contribution in [3.05, 3.63) is 101 Å². The number of aryl methyl sites for hydroxylation is 1. The van der Waals surface area contributed by atoms with Crippen molar-refractivity contribution in [2.24, 2.45) is 0 Å². The van der Waals surface area contributed by atoms with Crippen molar-refractivity contribution < 1.29 is 14.7 Å². The quantitative estimate of drug-likeness (QED) is 0.500. The van der Waals surface area contributed by atoms with Crippen molar-refractivity contribution in [1.82, 2.24) is 0 Å². The minimum Gasteiger partial charge on any atom is -0.375 e. The summed E-state index contributed by atoms with van der Waals surface area (Å²) in [6, 6.07) is 24.8. The number of Topliss-reactive ketones (excluding diaryl/α,β-unsaturated/α-hetero) is 1. The van der Waals surface area contributed by atoms with E-state index in [4.69, 9.17) is 0 Å². The summed E-state index contributed by atoms with van der Waals surface area (Å²) >= 11 is 0. The fourth-order valence-electron chi connectivity index (χ4n) is 4.37. The van der Waals surface area contributed by atoms with Crippen molar-refractivity contribution in [1.29, 1.82) is 0 Å². The Labute approximate surface area is 189 Å². The van der Waals surface area contributed by atoms with Crippen LogP contribution in [-0.2, 0) is 16.8 Å². The first-order chi connectivity index (χ1) is 15.4. The minimum atomic E-state index is -1.84. The van der Waals surface area contributed by atoms with Crippen LogP contribution < -0.4 is 4.90 Å². The fourth-order valence-corrected chi connectivity index (χ4v) is 4.37. The minimum absolute atomic E-state index is 0.239. The first-order valence-electron chi connectivity index (χ1n) is 11.2. The zero-order chi connectivity index (χ0) is 22.7. The number of aliphatic hydroxyl groups is 1. The molecular formula is C28H29NO3. The average molecular weight is 428 g/mol. The predicted octanol–water partition coefficient (Wildman–Crippen LogP) is 5.25. The van der Waals surface area contributed by atoms with Crippen LogP contribution in [0.5, 0.6) is 0 Å². The van der Waals surface area contributed by atoms with E-state index in [0.717, 1.165) is 18.4 Å². The molecule has 0 unspecified atom stereocenters. The molecule has 0 aromatic heterocycles. The standard InChI is InChI=1S/C28H29NO3/c1-20(2)22-14-16-23(17-15-22)26(30)19-28(32)24-12-6-7-13-25(24)29(27(28)31)18-8-11-21-9-4-3-5-10-21/h3-7,9-10,12-17,20,32H,8,11,18-19H2,1-2H3/t28-/m0/s1. The van der Waals surface area contributed by atoms with E-state index < -0.39 is 11.5 Å².